The highest BCUT2D eigenvalue weighted by Gasteiger charge is 2.31. The Hall–Kier alpha value is -1.15. The Morgan fingerprint density at radius 3 is 2.61 bits per heavy atom. The van der Waals surface area contributed by atoms with Gasteiger partial charge in [-0.25, -0.2) is 13.2 Å². The number of hydrogen-bond donors (Lipinski definition) is 2. The van der Waals surface area contributed by atoms with E-state index in [0.29, 0.717) is 18.5 Å². The van der Waals surface area contributed by atoms with Crippen molar-refractivity contribution in [2.45, 2.75) is 37.9 Å². The summed E-state index contributed by atoms with van der Waals surface area (Å²) in [6, 6.07) is 0. The van der Waals surface area contributed by atoms with Crippen LogP contribution in [-0.2, 0) is 10.0 Å². The second kappa shape index (κ2) is 4.85. The molecule has 18 heavy (non-hydrogen) atoms. The second-order valence-corrected chi connectivity index (χ2v) is 7.07. The van der Waals surface area contributed by atoms with Crippen LogP contribution in [0.5, 0.6) is 0 Å². The van der Waals surface area contributed by atoms with Crippen molar-refractivity contribution in [3.05, 3.63) is 11.3 Å². The van der Waals surface area contributed by atoms with E-state index < -0.39 is 21.2 Å². The van der Waals surface area contributed by atoms with Gasteiger partial charge in [0.25, 0.3) is 0 Å². The normalized spacial score (nSPS) is 16.9. The third kappa shape index (κ3) is 2.49. The number of nitrogens with zero attached hydrogens (tertiary/aromatic N) is 1. The van der Waals surface area contributed by atoms with E-state index in [1.54, 1.807) is 6.92 Å². The Morgan fingerprint density at radius 2 is 2.06 bits per heavy atom. The Labute approximate surface area is 109 Å². The summed E-state index contributed by atoms with van der Waals surface area (Å²) >= 11 is 0.869. The first-order valence-corrected chi connectivity index (χ1v) is 7.95. The molecule has 1 aliphatic carbocycles. The van der Waals surface area contributed by atoms with Crippen LogP contribution >= 0.6 is 11.5 Å². The maximum Gasteiger partial charge on any atom is 0.340 e. The number of hydrogen-bond acceptors (Lipinski definition) is 5. The molecule has 1 aromatic heterocycles. The molecule has 6 nitrogen and oxygen atoms in total. The smallest absolute Gasteiger partial charge is 0.340 e. The number of aromatic nitrogens is 1. The monoisotopic (exact) mass is 290 g/mol. The minimum Gasteiger partial charge on any atom is -0.478 e. The van der Waals surface area contributed by atoms with Crippen LogP contribution in [0.15, 0.2) is 0 Å². The van der Waals surface area contributed by atoms with Crippen LogP contribution < -0.4 is 4.72 Å². The number of carbonyl (C=O) groups is 1. The van der Waals surface area contributed by atoms with Crippen LogP contribution in [0.1, 0.15) is 41.7 Å². The number of carboxylic acids is 1. The van der Waals surface area contributed by atoms with E-state index in [4.69, 9.17) is 5.11 Å². The van der Waals surface area contributed by atoms with Gasteiger partial charge in [0.15, 0.2) is 0 Å². The molecule has 0 spiro atoms. The van der Waals surface area contributed by atoms with E-state index >= 15 is 0 Å². The van der Waals surface area contributed by atoms with E-state index in [1.807, 2.05) is 0 Å². The quantitative estimate of drug-likeness (QED) is 0.882. The number of nitrogens with one attached hydrogen (secondary N) is 1. The van der Waals surface area contributed by atoms with E-state index in [9.17, 15) is 13.2 Å². The molecule has 100 valence electrons. The van der Waals surface area contributed by atoms with Gasteiger partial charge in [0, 0.05) is 0 Å². The lowest BCUT2D eigenvalue weighted by Gasteiger charge is -2.12. The maximum atomic E-state index is 12.1. The van der Waals surface area contributed by atoms with Gasteiger partial charge in [0.1, 0.15) is 10.6 Å². The largest absolute Gasteiger partial charge is 0.478 e. The molecule has 0 unspecified atom stereocenters. The van der Waals surface area contributed by atoms with Gasteiger partial charge in [-0.1, -0.05) is 12.8 Å². The summed E-state index contributed by atoms with van der Waals surface area (Å²) < 4.78 is 30.4. The lowest BCUT2D eigenvalue weighted by molar-refractivity contribution is 0.0697. The average molecular weight is 290 g/mol. The van der Waals surface area contributed by atoms with E-state index in [-0.39, 0.29) is 10.6 Å². The predicted molar refractivity (Wildman–Crippen MR) is 68.6 cm³/mol. The average Bonchev–Trinajstić information content (AvgIpc) is 2.87. The summed E-state index contributed by atoms with van der Waals surface area (Å²) in [5, 5.41) is 8.72. The zero-order chi connectivity index (χ0) is 13.3. The molecule has 2 rings (SSSR count). The van der Waals surface area contributed by atoms with Crippen molar-refractivity contribution in [1.82, 2.24) is 4.37 Å². The van der Waals surface area contributed by atoms with Gasteiger partial charge in [-0.2, -0.15) is 4.37 Å². The van der Waals surface area contributed by atoms with E-state index in [0.717, 1.165) is 24.4 Å². The SMILES string of the molecule is Cc1nsc(NS(=O)(=O)C2CCCC2)c1C(=O)O. The molecule has 0 amide bonds. The number of sulfonamides is 1. The lowest BCUT2D eigenvalue weighted by Crippen LogP contribution is -2.25. The van der Waals surface area contributed by atoms with Crippen LogP contribution in [0.3, 0.4) is 0 Å². The standard InChI is InChI=1S/C10H14N2O4S2/c1-6-8(10(13)14)9(17-11-6)12-18(15,16)7-4-2-3-5-7/h7,12H,2-5H2,1H3,(H,13,14). The van der Waals surface area contributed by atoms with Crippen molar-refractivity contribution >= 4 is 32.5 Å². The summed E-state index contributed by atoms with van der Waals surface area (Å²) in [5.74, 6) is -1.16. The Morgan fingerprint density at radius 1 is 1.44 bits per heavy atom. The summed E-state index contributed by atoms with van der Waals surface area (Å²) in [6.45, 7) is 1.55. The minimum absolute atomic E-state index is 0.0541. The van der Waals surface area contributed by atoms with Crippen LogP contribution in [0.2, 0.25) is 0 Å². The number of carboxylic acid groups (broad SMARTS) is 1. The molecule has 0 bridgehead atoms. The highest BCUT2D eigenvalue weighted by atomic mass is 32.2. The molecule has 8 heteroatoms. The fraction of sp³-hybridized carbons (Fsp3) is 0.600. The van der Waals surface area contributed by atoms with Crippen LogP contribution in [0.25, 0.3) is 0 Å². The topological polar surface area (TPSA) is 96.4 Å². The Bertz CT molecular complexity index is 558. The number of aryl methyl sites for hydroxylation is 1. The van der Waals surface area contributed by atoms with Gasteiger partial charge in [0.2, 0.25) is 10.0 Å². The first-order chi connectivity index (χ1) is 8.42. The lowest BCUT2D eigenvalue weighted by atomic mass is 10.2. The van der Waals surface area contributed by atoms with Gasteiger partial charge in [-0.05, 0) is 31.3 Å². The van der Waals surface area contributed by atoms with Crippen LogP contribution in [-0.4, -0.2) is 29.1 Å². The van der Waals surface area contributed by atoms with E-state index in [2.05, 4.69) is 9.10 Å². The first-order valence-electron chi connectivity index (χ1n) is 5.63. The molecule has 1 heterocycles. The maximum absolute atomic E-state index is 12.1. The fourth-order valence-corrected chi connectivity index (χ4v) is 4.73. The van der Waals surface area contributed by atoms with Crippen LogP contribution in [0, 0.1) is 6.92 Å². The van der Waals surface area contributed by atoms with Gasteiger partial charge < -0.3 is 5.11 Å². The van der Waals surface area contributed by atoms with Gasteiger partial charge in [-0.15, -0.1) is 0 Å². The molecule has 1 saturated carbocycles. The van der Waals surface area contributed by atoms with Gasteiger partial charge in [-0.3, -0.25) is 4.72 Å². The summed E-state index contributed by atoms with van der Waals surface area (Å²) in [5.41, 5.74) is 0.276. The molecule has 0 aromatic carbocycles. The molecule has 1 fully saturated rings. The van der Waals surface area contributed by atoms with Crippen molar-refractivity contribution in [2.24, 2.45) is 0 Å². The third-order valence-electron chi connectivity index (χ3n) is 3.05. The molecular weight excluding hydrogens is 276 g/mol. The summed E-state index contributed by atoms with van der Waals surface area (Å²) in [7, 11) is -3.50. The molecular formula is C10H14N2O4S2. The van der Waals surface area contributed by atoms with Gasteiger partial charge in [0.05, 0.1) is 10.9 Å². The molecule has 0 atom stereocenters. The number of aromatic carboxylic acids is 1. The number of rotatable bonds is 4. The first kappa shape index (κ1) is 13.3. The van der Waals surface area contributed by atoms with Gasteiger partial charge >= 0.3 is 5.97 Å². The van der Waals surface area contributed by atoms with Crippen molar-refractivity contribution in [2.75, 3.05) is 4.72 Å². The predicted octanol–water partition coefficient (Wildman–Crippen LogP) is 1.83. The zero-order valence-corrected chi connectivity index (χ0v) is 11.5. The minimum atomic E-state index is -3.50. The van der Waals surface area contributed by atoms with E-state index in [1.165, 1.54) is 0 Å². The van der Waals surface area contributed by atoms with Crippen LogP contribution in [0.4, 0.5) is 5.00 Å². The molecule has 0 aliphatic heterocycles. The molecule has 1 aliphatic rings. The third-order valence-corrected chi connectivity index (χ3v) is 5.87. The van der Waals surface area contributed by atoms with Crippen molar-refractivity contribution in [3.63, 3.8) is 0 Å². The zero-order valence-electron chi connectivity index (χ0n) is 9.84. The second-order valence-electron chi connectivity index (χ2n) is 4.33. The fourth-order valence-electron chi connectivity index (χ4n) is 2.10. The van der Waals surface area contributed by atoms with Crippen molar-refractivity contribution in [3.8, 4) is 0 Å². The van der Waals surface area contributed by atoms with Crippen molar-refractivity contribution < 1.29 is 18.3 Å². The summed E-state index contributed by atoms with van der Waals surface area (Å²) in [6.07, 6.45) is 3.07. The van der Waals surface area contributed by atoms with Crippen molar-refractivity contribution in [1.29, 1.82) is 0 Å². The molecule has 0 radical (unpaired) electrons. The molecule has 0 saturated heterocycles. The highest BCUT2D eigenvalue weighted by molar-refractivity contribution is 7.93. The number of anilines is 1. The Kier molecular flexibility index (Phi) is 3.58. The molecule has 1 aromatic rings. The Balaban J connectivity index is 2.26. The summed E-state index contributed by atoms with van der Waals surface area (Å²) in [4.78, 5) is 11.0. The highest BCUT2D eigenvalue weighted by Crippen LogP contribution is 2.30. The molecule has 2 N–H and O–H groups in total.